The lowest BCUT2D eigenvalue weighted by Crippen LogP contribution is -2.29. The van der Waals surface area contributed by atoms with Gasteiger partial charge in [0.15, 0.2) is 17.3 Å². The maximum Gasteiger partial charge on any atom is 0.336 e. The third-order valence-electron chi connectivity index (χ3n) is 6.82. The number of dihydropyridines is 1. The van der Waals surface area contributed by atoms with Crippen LogP contribution >= 0.6 is 11.6 Å². The van der Waals surface area contributed by atoms with Crippen LogP contribution in [0.4, 0.5) is 0 Å². The number of carbonyl (C=O) groups is 2. The Kier molecular flexibility index (Phi) is 7.00. The Labute approximate surface area is 226 Å². The van der Waals surface area contributed by atoms with E-state index in [1.807, 2.05) is 56.3 Å². The van der Waals surface area contributed by atoms with Gasteiger partial charge in [-0.15, -0.1) is 0 Å². The van der Waals surface area contributed by atoms with Crippen molar-refractivity contribution in [1.82, 2.24) is 5.32 Å². The Balaban J connectivity index is 1.61. The Morgan fingerprint density at radius 3 is 2.39 bits per heavy atom. The van der Waals surface area contributed by atoms with Gasteiger partial charge in [0, 0.05) is 28.3 Å². The van der Waals surface area contributed by atoms with Crippen LogP contribution in [0.5, 0.6) is 11.5 Å². The summed E-state index contributed by atoms with van der Waals surface area (Å²) in [6.07, 6.45) is 0. The molecule has 3 aromatic carbocycles. The molecule has 194 valence electrons. The number of esters is 1. The van der Waals surface area contributed by atoms with Crippen LogP contribution in [0.25, 0.3) is 5.70 Å². The van der Waals surface area contributed by atoms with Crippen molar-refractivity contribution in [2.24, 2.45) is 0 Å². The molecule has 0 saturated heterocycles. The van der Waals surface area contributed by atoms with E-state index in [2.05, 4.69) is 5.32 Å². The van der Waals surface area contributed by atoms with Crippen LogP contribution in [0.1, 0.15) is 52.4 Å². The van der Waals surface area contributed by atoms with Crippen LogP contribution in [0.2, 0.25) is 5.02 Å². The van der Waals surface area contributed by atoms with E-state index in [-0.39, 0.29) is 5.78 Å². The number of carbonyl (C=O) groups excluding carboxylic acids is 2. The minimum absolute atomic E-state index is 0.143. The fourth-order valence-corrected chi connectivity index (χ4v) is 5.31. The minimum atomic E-state index is -0.707. The molecule has 0 unspecified atom stereocenters. The molecule has 1 aliphatic carbocycles. The van der Waals surface area contributed by atoms with Gasteiger partial charge >= 0.3 is 5.97 Å². The van der Waals surface area contributed by atoms with E-state index in [0.29, 0.717) is 63.4 Å². The normalized spacial score (nSPS) is 16.1. The number of allylic oxidation sites excluding steroid dienone is 2. The summed E-state index contributed by atoms with van der Waals surface area (Å²) in [5.74, 6) is -0.531. The van der Waals surface area contributed by atoms with Gasteiger partial charge in [0.25, 0.3) is 0 Å². The van der Waals surface area contributed by atoms with Crippen molar-refractivity contribution in [3.8, 4) is 11.5 Å². The van der Waals surface area contributed by atoms with E-state index in [0.717, 1.165) is 16.7 Å². The molecule has 5 rings (SSSR count). The number of ketones is 1. The summed E-state index contributed by atoms with van der Waals surface area (Å²) in [6.45, 7) is 6.39. The molecule has 1 atom stereocenters. The summed E-state index contributed by atoms with van der Waals surface area (Å²) >= 11 is 6.79. The summed E-state index contributed by atoms with van der Waals surface area (Å²) in [6, 6.07) is 19.0. The zero-order valence-corrected chi connectivity index (χ0v) is 22.4. The number of aryl methyl sites for hydroxylation is 1. The molecule has 1 N–H and O–H groups in total. The summed E-state index contributed by atoms with van der Waals surface area (Å²) < 4.78 is 17.2. The fraction of sp³-hybridized carbons (Fsp3) is 0.226. The number of benzene rings is 3. The van der Waals surface area contributed by atoms with Crippen LogP contribution in [0, 0.1) is 6.92 Å². The molecule has 3 aromatic rings. The van der Waals surface area contributed by atoms with E-state index in [4.69, 9.17) is 25.8 Å². The largest absolute Gasteiger partial charge is 0.490 e. The first-order valence-electron chi connectivity index (χ1n) is 12.4. The van der Waals surface area contributed by atoms with Crippen molar-refractivity contribution in [3.63, 3.8) is 0 Å². The zero-order chi connectivity index (χ0) is 27.0. The SMILES string of the molecule is CCOc1cc([C@@H]2C(C(=O)OC)=C(C)NC3=C2C(=O)c2ccccc23)cc(Cl)c1OCc1ccc(C)cc1. The molecule has 0 aromatic heterocycles. The van der Waals surface area contributed by atoms with E-state index >= 15 is 0 Å². The molecular weight excluding hydrogens is 502 g/mol. The Morgan fingerprint density at radius 2 is 1.71 bits per heavy atom. The van der Waals surface area contributed by atoms with Crippen molar-refractivity contribution >= 4 is 29.1 Å². The van der Waals surface area contributed by atoms with Gasteiger partial charge in [-0.3, -0.25) is 4.79 Å². The highest BCUT2D eigenvalue weighted by molar-refractivity contribution is 6.32. The molecule has 1 heterocycles. The maximum absolute atomic E-state index is 13.7. The molecule has 0 spiro atoms. The second kappa shape index (κ2) is 10.4. The standard InChI is InChI=1S/C31H28ClNO5/c1-5-37-24-15-20(14-23(32)30(24)38-16-19-12-10-17(2)11-13-19)26-25(31(35)36-4)18(3)33-28-21-8-6-7-9-22(21)29(34)27(26)28/h6-15,26,33H,5,16H2,1-4H3/t26-/m1/s1. The van der Waals surface area contributed by atoms with Gasteiger partial charge < -0.3 is 19.5 Å². The molecule has 0 bridgehead atoms. The summed E-state index contributed by atoms with van der Waals surface area (Å²) in [7, 11) is 1.33. The summed E-state index contributed by atoms with van der Waals surface area (Å²) in [5, 5.41) is 3.61. The third kappa shape index (κ3) is 4.45. The third-order valence-corrected chi connectivity index (χ3v) is 7.10. The van der Waals surface area contributed by atoms with Crippen LogP contribution in [0.3, 0.4) is 0 Å². The second-order valence-electron chi connectivity index (χ2n) is 9.29. The maximum atomic E-state index is 13.7. The predicted octanol–water partition coefficient (Wildman–Crippen LogP) is 6.37. The van der Waals surface area contributed by atoms with E-state index in [9.17, 15) is 9.59 Å². The zero-order valence-electron chi connectivity index (χ0n) is 21.7. The van der Waals surface area contributed by atoms with Crippen molar-refractivity contribution < 1.29 is 23.8 Å². The van der Waals surface area contributed by atoms with Crippen LogP contribution in [-0.2, 0) is 16.1 Å². The quantitative estimate of drug-likeness (QED) is 0.359. The Hall–Kier alpha value is -4.03. The van der Waals surface area contributed by atoms with Gasteiger partial charge in [-0.2, -0.15) is 0 Å². The van der Waals surface area contributed by atoms with Crippen molar-refractivity contribution in [2.75, 3.05) is 13.7 Å². The van der Waals surface area contributed by atoms with Crippen LogP contribution < -0.4 is 14.8 Å². The minimum Gasteiger partial charge on any atom is -0.490 e. The average molecular weight is 530 g/mol. The Morgan fingerprint density at radius 1 is 1.00 bits per heavy atom. The molecule has 1 aliphatic heterocycles. The van der Waals surface area contributed by atoms with Gasteiger partial charge in [-0.1, -0.05) is 65.7 Å². The molecule has 0 amide bonds. The van der Waals surface area contributed by atoms with Gasteiger partial charge in [-0.05, 0) is 44.0 Å². The molecule has 0 radical (unpaired) electrons. The van der Waals surface area contributed by atoms with Crippen molar-refractivity contribution in [1.29, 1.82) is 0 Å². The van der Waals surface area contributed by atoms with Gasteiger partial charge in [0.1, 0.15) is 6.61 Å². The van der Waals surface area contributed by atoms with Crippen molar-refractivity contribution in [3.05, 3.63) is 110 Å². The second-order valence-corrected chi connectivity index (χ2v) is 9.70. The van der Waals surface area contributed by atoms with Gasteiger partial charge in [-0.25, -0.2) is 4.79 Å². The fourth-order valence-electron chi connectivity index (χ4n) is 5.04. The van der Waals surface area contributed by atoms with Crippen molar-refractivity contribution in [2.45, 2.75) is 33.3 Å². The molecule has 0 fully saturated rings. The highest BCUT2D eigenvalue weighted by Gasteiger charge is 2.43. The molecule has 38 heavy (non-hydrogen) atoms. The lowest BCUT2D eigenvalue weighted by molar-refractivity contribution is -0.136. The smallest absolute Gasteiger partial charge is 0.336 e. The van der Waals surface area contributed by atoms with Gasteiger partial charge in [0.05, 0.1) is 30.0 Å². The number of halogens is 1. The summed E-state index contributed by atoms with van der Waals surface area (Å²) in [5.41, 5.74) is 6.30. The van der Waals surface area contributed by atoms with E-state index < -0.39 is 11.9 Å². The topological polar surface area (TPSA) is 73.9 Å². The number of Topliss-reactive ketones (excluding diaryl/α,β-unsaturated/α-hetero) is 1. The number of hydrogen-bond acceptors (Lipinski definition) is 6. The number of ether oxygens (including phenoxy) is 3. The molecule has 7 heteroatoms. The van der Waals surface area contributed by atoms with E-state index in [1.54, 1.807) is 25.1 Å². The highest BCUT2D eigenvalue weighted by Crippen LogP contribution is 2.49. The molecule has 6 nitrogen and oxygen atoms in total. The number of methoxy groups -OCH3 is 1. The highest BCUT2D eigenvalue weighted by atomic mass is 35.5. The van der Waals surface area contributed by atoms with Crippen LogP contribution in [-0.4, -0.2) is 25.5 Å². The molecular formula is C31H28ClNO5. The number of hydrogen-bond donors (Lipinski definition) is 1. The lowest BCUT2D eigenvalue weighted by atomic mass is 9.79. The first-order valence-corrected chi connectivity index (χ1v) is 12.8. The molecule has 0 saturated carbocycles. The lowest BCUT2D eigenvalue weighted by Gasteiger charge is -2.29. The van der Waals surface area contributed by atoms with Gasteiger partial charge in [0.2, 0.25) is 0 Å². The monoisotopic (exact) mass is 529 g/mol. The number of rotatable bonds is 7. The van der Waals surface area contributed by atoms with Crippen LogP contribution in [0.15, 0.2) is 77.5 Å². The predicted molar refractivity (Wildman–Crippen MR) is 146 cm³/mol. The first-order chi connectivity index (χ1) is 18.3. The average Bonchev–Trinajstić information content (AvgIpc) is 3.19. The number of nitrogens with one attached hydrogen (secondary N) is 1. The number of fused-ring (bicyclic) bond motifs is 2. The summed E-state index contributed by atoms with van der Waals surface area (Å²) in [4.78, 5) is 26.7. The molecule has 2 aliphatic rings. The first kappa shape index (κ1) is 25.6. The van der Waals surface area contributed by atoms with E-state index in [1.165, 1.54) is 7.11 Å². The Bertz CT molecular complexity index is 1500.